The summed E-state index contributed by atoms with van der Waals surface area (Å²) < 4.78 is 0. The van der Waals surface area contributed by atoms with Gasteiger partial charge in [-0.05, 0) is 139 Å². The fourth-order valence-electron chi connectivity index (χ4n) is 7.40. The molecular formula is C45H70N2. The minimum absolute atomic E-state index is 0.888. The maximum absolute atomic E-state index is 9.90. The summed E-state index contributed by atoms with van der Waals surface area (Å²) in [5, 5.41) is 0. The fourth-order valence-corrected chi connectivity index (χ4v) is 7.40. The summed E-state index contributed by atoms with van der Waals surface area (Å²) in [4.78, 5) is 3.55. The smallest absolute Gasteiger partial charge is 0.303 e. The zero-order valence-electron chi connectivity index (χ0n) is 32.1. The molecule has 260 valence electrons. The molecule has 0 spiro atoms. The summed E-state index contributed by atoms with van der Waals surface area (Å²) in [5.41, 5.74) is 25.7. The van der Waals surface area contributed by atoms with E-state index in [-0.39, 0.29) is 0 Å². The van der Waals surface area contributed by atoms with Crippen LogP contribution in [0.4, 0.5) is 0 Å². The van der Waals surface area contributed by atoms with Crippen molar-refractivity contribution < 1.29 is 4.79 Å². The first-order valence-corrected chi connectivity index (χ1v) is 20.0. The van der Waals surface area contributed by atoms with Gasteiger partial charge >= 0.3 is 5.87 Å². The van der Waals surface area contributed by atoms with E-state index in [1.165, 1.54) is 103 Å². The first-order valence-electron chi connectivity index (χ1n) is 20.0. The Labute approximate surface area is 291 Å². The molecule has 0 saturated carbocycles. The normalized spacial score (nSPS) is 11.7. The molecule has 0 fully saturated rings. The van der Waals surface area contributed by atoms with Gasteiger partial charge in [0.2, 0.25) is 0 Å². The van der Waals surface area contributed by atoms with E-state index in [2.05, 4.69) is 90.3 Å². The van der Waals surface area contributed by atoms with Crippen LogP contribution in [0.2, 0.25) is 0 Å². The lowest BCUT2D eigenvalue weighted by Crippen LogP contribution is -2.08. The lowest BCUT2D eigenvalue weighted by atomic mass is 9.80. The lowest BCUT2D eigenvalue weighted by Gasteiger charge is -2.24. The summed E-state index contributed by atoms with van der Waals surface area (Å²) in [6.07, 6.45) is 24.3. The van der Waals surface area contributed by atoms with Crippen LogP contribution >= 0.6 is 0 Å². The molecule has 47 heavy (non-hydrogen) atoms. The molecule has 0 N–H and O–H groups in total. The van der Waals surface area contributed by atoms with Gasteiger partial charge in [-0.1, -0.05) is 131 Å². The molecule has 2 rings (SSSR count). The molecule has 0 unspecified atom stereocenters. The molecule has 0 amide bonds. The topological polar surface area (TPSA) is 36.4 Å². The molecule has 2 aromatic rings. The first kappa shape index (κ1) is 40.5. The zero-order chi connectivity index (χ0) is 34.4. The summed E-state index contributed by atoms with van der Waals surface area (Å²) in [5.74, 6) is 3.12. The minimum Gasteiger partial charge on any atom is -0.348 e. The maximum atomic E-state index is 9.90. The monoisotopic (exact) mass is 639 g/mol. The van der Waals surface area contributed by atoms with Gasteiger partial charge in [-0.3, -0.25) is 0 Å². The molecule has 0 radical (unpaired) electrons. The SMILES string of the molecule is CCCCCc1cc(C(=C(CCCC)C(=C=[N+]=[N-])CCCC)c2cc(CC)c(CC)c(CC)c2)cc(CCCCC)c1CCCCC. The molecule has 0 aliphatic carbocycles. The number of hydrogen-bond donors (Lipinski definition) is 0. The number of aryl methyl sites for hydroxylation is 4. The number of hydrogen-bond acceptors (Lipinski definition) is 0. The quantitative estimate of drug-likeness (QED) is 0.0361. The van der Waals surface area contributed by atoms with Gasteiger partial charge in [0.15, 0.2) is 0 Å². The molecule has 0 atom stereocenters. The lowest BCUT2D eigenvalue weighted by molar-refractivity contribution is 0.00739. The molecule has 0 bridgehead atoms. The third-order valence-electron chi connectivity index (χ3n) is 10.1. The Balaban J connectivity index is 3.15. The third kappa shape index (κ3) is 12.4. The second kappa shape index (κ2) is 23.6. The predicted molar refractivity (Wildman–Crippen MR) is 208 cm³/mol. The second-order valence-electron chi connectivity index (χ2n) is 13.7. The van der Waals surface area contributed by atoms with Crippen LogP contribution in [0, 0.1) is 0 Å². The summed E-state index contributed by atoms with van der Waals surface area (Å²) >= 11 is 0. The van der Waals surface area contributed by atoms with E-state index in [0.29, 0.717) is 0 Å². The van der Waals surface area contributed by atoms with Crippen LogP contribution in [0.15, 0.2) is 35.4 Å². The van der Waals surface area contributed by atoms with E-state index in [1.54, 1.807) is 16.7 Å². The van der Waals surface area contributed by atoms with Crippen LogP contribution in [0.25, 0.3) is 11.1 Å². The highest BCUT2D eigenvalue weighted by molar-refractivity contribution is 5.88. The highest BCUT2D eigenvalue weighted by atomic mass is 14.8. The van der Waals surface area contributed by atoms with E-state index in [0.717, 1.165) is 76.2 Å². The summed E-state index contributed by atoms with van der Waals surface area (Å²) in [7, 11) is 0. The number of benzene rings is 2. The van der Waals surface area contributed by atoms with Gasteiger partial charge < -0.3 is 5.53 Å². The van der Waals surface area contributed by atoms with Crippen LogP contribution in [0.5, 0.6) is 0 Å². The van der Waals surface area contributed by atoms with E-state index < -0.39 is 0 Å². The summed E-state index contributed by atoms with van der Waals surface area (Å²) in [6, 6.07) is 10.2. The van der Waals surface area contributed by atoms with Crippen molar-refractivity contribution in [3.8, 4) is 0 Å². The Kier molecular flexibility index (Phi) is 20.4. The van der Waals surface area contributed by atoms with Gasteiger partial charge in [0.1, 0.15) is 0 Å². The standard InChI is InChI=1S/C45H70N2/c1-9-17-22-26-37-32-41(33-38(27-23-18-10-2)43(37)29-24-19-11-3)45(40-30-35(14-6)42(16-8)36(15-7)31-40)44(28-21-13-5)39(34-47-46)25-20-12-4/h30-33H,9-29H2,1-8H3. The predicted octanol–water partition coefficient (Wildman–Crippen LogP) is 13.6. The Bertz CT molecular complexity index is 1270. The molecule has 2 heteroatoms. The van der Waals surface area contributed by atoms with Crippen LogP contribution in [-0.4, -0.2) is 10.7 Å². The minimum atomic E-state index is 0.888. The van der Waals surface area contributed by atoms with Crippen molar-refractivity contribution in [2.24, 2.45) is 0 Å². The van der Waals surface area contributed by atoms with E-state index in [1.807, 2.05) is 0 Å². The van der Waals surface area contributed by atoms with E-state index in [9.17, 15) is 5.53 Å². The van der Waals surface area contributed by atoms with Crippen molar-refractivity contribution in [2.75, 3.05) is 0 Å². The van der Waals surface area contributed by atoms with Crippen molar-refractivity contribution in [2.45, 2.75) is 190 Å². The second-order valence-corrected chi connectivity index (χ2v) is 13.7. The Hall–Kier alpha value is -2.66. The van der Waals surface area contributed by atoms with Crippen LogP contribution in [0.1, 0.15) is 196 Å². The van der Waals surface area contributed by atoms with Gasteiger partial charge in [-0.25, -0.2) is 0 Å². The highest BCUT2D eigenvalue weighted by Crippen LogP contribution is 2.39. The average molecular weight is 639 g/mol. The fraction of sp³-hybridized carbons (Fsp3) is 0.644. The van der Waals surface area contributed by atoms with Gasteiger partial charge in [0.25, 0.3) is 0 Å². The first-order chi connectivity index (χ1) is 23.0. The number of rotatable bonds is 24. The van der Waals surface area contributed by atoms with Crippen molar-refractivity contribution in [3.05, 3.63) is 85.5 Å². The maximum Gasteiger partial charge on any atom is 0.303 e. The number of allylic oxidation sites excluding steroid dienone is 2. The van der Waals surface area contributed by atoms with Crippen molar-refractivity contribution in [3.63, 3.8) is 0 Å². The third-order valence-corrected chi connectivity index (χ3v) is 10.1. The Morgan fingerprint density at radius 2 is 0.957 bits per heavy atom. The van der Waals surface area contributed by atoms with Crippen LogP contribution < -0.4 is 0 Å². The highest BCUT2D eigenvalue weighted by Gasteiger charge is 2.22. The van der Waals surface area contributed by atoms with Crippen molar-refractivity contribution >= 4 is 11.4 Å². The molecule has 0 aromatic heterocycles. The number of unbranched alkanes of at least 4 members (excludes halogenated alkanes) is 8. The van der Waals surface area contributed by atoms with Gasteiger partial charge in [-0.2, -0.15) is 0 Å². The van der Waals surface area contributed by atoms with Gasteiger partial charge in [0.05, 0.1) is 5.57 Å². The zero-order valence-corrected chi connectivity index (χ0v) is 32.1. The summed E-state index contributed by atoms with van der Waals surface area (Å²) in [6.45, 7) is 18.4. The van der Waals surface area contributed by atoms with Crippen molar-refractivity contribution in [1.29, 1.82) is 0 Å². The van der Waals surface area contributed by atoms with Gasteiger partial charge in [-0.15, -0.1) is 4.79 Å². The molecule has 0 aliphatic rings. The molecule has 0 saturated heterocycles. The van der Waals surface area contributed by atoms with Gasteiger partial charge in [0, 0.05) is 0 Å². The van der Waals surface area contributed by atoms with Crippen LogP contribution in [0.3, 0.4) is 0 Å². The van der Waals surface area contributed by atoms with Crippen molar-refractivity contribution in [1.82, 2.24) is 0 Å². The Morgan fingerprint density at radius 1 is 0.511 bits per heavy atom. The molecule has 0 heterocycles. The average Bonchev–Trinajstić information content (AvgIpc) is 3.09. The Morgan fingerprint density at radius 3 is 1.38 bits per heavy atom. The molecule has 2 aromatic carbocycles. The van der Waals surface area contributed by atoms with E-state index >= 15 is 0 Å². The largest absolute Gasteiger partial charge is 0.348 e. The molecular weight excluding hydrogens is 569 g/mol. The molecule has 0 aliphatic heterocycles. The van der Waals surface area contributed by atoms with Crippen LogP contribution in [-0.2, 0) is 38.5 Å². The molecule has 2 nitrogen and oxygen atoms in total. The van der Waals surface area contributed by atoms with E-state index in [4.69, 9.17) is 0 Å². The number of nitrogens with zero attached hydrogens (tertiary/aromatic N) is 2.